The quantitative estimate of drug-likeness (QED) is 0.384. The van der Waals surface area contributed by atoms with E-state index in [1.807, 2.05) is 0 Å². The summed E-state index contributed by atoms with van der Waals surface area (Å²) in [6, 6.07) is 0. The summed E-state index contributed by atoms with van der Waals surface area (Å²) in [7, 11) is 0. The Kier molecular flexibility index (Phi) is 5.23. The summed E-state index contributed by atoms with van der Waals surface area (Å²) in [6.45, 7) is 15.3. The van der Waals surface area contributed by atoms with E-state index in [2.05, 4.69) is 41.5 Å². The molecule has 6 heteroatoms. The van der Waals surface area contributed by atoms with Crippen LogP contribution < -0.4 is 0 Å². The Morgan fingerprint density at radius 3 is 2.29 bits per heavy atom. The standard InChI is InChI=1S/C32H50O6/c1-17(33)36-24-15-22-27(2,3)23(34)10-11-29(22,6)21-9-12-31-16-32(31,30(21,24)7)13-8-19(31)18-14-20(37-26(18)35)25-28(4,5)38-25/h18-26,34-35H,8-16H2,1-7H3/t18-,19-,20+,21+,22-,23+,24+,25-,26+,29+,30-,31+,32+/m0/s1. The molecule has 0 aromatic heterocycles. The summed E-state index contributed by atoms with van der Waals surface area (Å²) in [5.41, 5.74) is 0.0866. The van der Waals surface area contributed by atoms with Gasteiger partial charge in [-0.1, -0.05) is 27.7 Å². The second-order valence-electron chi connectivity index (χ2n) is 16.3. The van der Waals surface area contributed by atoms with Gasteiger partial charge in [-0.2, -0.15) is 0 Å². The number of hydrogen-bond acceptors (Lipinski definition) is 6. The third-order valence-corrected chi connectivity index (χ3v) is 14.5. The molecule has 7 rings (SSSR count). The molecule has 7 aliphatic rings. The van der Waals surface area contributed by atoms with E-state index in [9.17, 15) is 15.0 Å². The van der Waals surface area contributed by atoms with Crippen molar-refractivity contribution in [3.63, 3.8) is 0 Å². The molecule has 2 aliphatic heterocycles. The Morgan fingerprint density at radius 1 is 0.921 bits per heavy atom. The fourth-order valence-electron chi connectivity index (χ4n) is 12.7. The van der Waals surface area contributed by atoms with Gasteiger partial charge in [-0.3, -0.25) is 4.79 Å². The number of rotatable bonds is 3. The minimum atomic E-state index is -0.709. The largest absolute Gasteiger partial charge is 0.462 e. The van der Waals surface area contributed by atoms with Gasteiger partial charge < -0.3 is 24.4 Å². The average Bonchev–Trinajstić information content (AvgIpc) is 3.57. The Balaban J connectivity index is 1.23. The van der Waals surface area contributed by atoms with Crippen molar-refractivity contribution in [3.8, 4) is 0 Å². The van der Waals surface area contributed by atoms with E-state index in [1.54, 1.807) is 6.92 Å². The minimum Gasteiger partial charge on any atom is -0.462 e. The van der Waals surface area contributed by atoms with Crippen LogP contribution in [0.25, 0.3) is 0 Å². The van der Waals surface area contributed by atoms with E-state index in [0.29, 0.717) is 17.8 Å². The molecule has 0 aromatic rings. The van der Waals surface area contributed by atoms with Crippen molar-refractivity contribution >= 4 is 5.97 Å². The maximum atomic E-state index is 12.5. The predicted octanol–water partition coefficient (Wildman–Crippen LogP) is 5.23. The van der Waals surface area contributed by atoms with Crippen molar-refractivity contribution in [1.29, 1.82) is 0 Å². The molecule has 13 atom stereocenters. The van der Waals surface area contributed by atoms with Crippen molar-refractivity contribution in [2.24, 2.45) is 50.7 Å². The normalized spacial score (nSPS) is 59.2. The van der Waals surface area contributed by atoms with Crippen LogP contribution in [0.3, 0.4) is 0 Å². The number of aliphatic hydroxyl groups excluding tert-OH is 2. The molecule has 0 spiro atoms. The van der Waals surface area contributed by atoms with Crippen molar-refractivity contribution in [1.82, 2.24) is 0 Å². The number of carbonyl (C=O) groups excluding carboxylic acids is 1. The summed E-state index contributed by atoms with van der Waals surface area (Å²) in [5, 5.41) is 22.2. The Bertz CT molecular complexity index is 1040. The highest BCUT2D eigenvalue weighted by atomic mass is 16.7. The maximum absolute atomic E-state index is 12.5. The summed E-state index contributed by atoms with van der Waals surface area (Å²) >= 11 is 0. The van der Waals surface area contributed by atoms with Gasteiger partial charge >= 0.3 is 5.97 Å². The highest BCUT2D eigenvalue weighted by Crippen LogP contribution is 2.91. The van der Waals surface area contributed by atoms with Gasteiger partial charge in [0.15, 0.2) is 6.29 Å². The van der Waals surface area contributed by atoms with Crippen LogP contribution in [0.1, 0.15) is 106 Å². The van der Waals surface area contributed by atoms with Crippen LogP contribution in [0.5, 0.6) is 0 Å². The molecular formula is C32H50O6. The number of hydrogen-bond donors (Lipinski definition) is 2. The van der Waals surface area contributed by atoms with Gasteiger partial charge in [0.25, 0.3) is 0 Å². The number of epoxide rings is 1. The zero-order chi connectivity index (χ0) is 27.3. The molecule has 0 bridgehead atoms. The first-order valence-electron chi connectivity index (χ1n) is 15.5. The van der Waals surface area contributed by atoms with Gasteiger partial charge in [0.05, 0.1) is 17.8 Å². The van der Waals surface area contributed by atoms with Gasteiger partial charge in [-0.25, -0.2) is 0 Å². The Labute approximate surface area is 228 Å². The molecule has 5 aliphatic carbocycles. The van der Waals surface area contributed by atoms with Gasteiger partial charge in [0.1, 0.15) is 12.2 Å². The van der Waals surface area contributed by atoms with E-state index < -0.39 is 6.29 Å². The van der Waals surface area contributed by atoms with Gasteiger partial charge in [-0.15, -0.1) is 0 Å². The highest BCUT2D eigenvalue weighted by Gasteiger charge is 2.86. The van der Waals surface area contributed by atoms with E-state index in [4.69, 9.17) is 14.2 Å². The van der Waals surface area contributed by atoms with E-state index in [-0.39, 0.29) is 69.0 Å². The lowest BCUT2D eigenvalue weighted by atomic mass is 9.37. The number of fused-ring (bicyclic) bond motifs is 3. The first-order valence-corrected chi connectivity index (χ1v) is 15.5. The van der Waals surface area contributed by atoms with Crippen LogP contribution in [0.2, 0.25) is 0 Å². The van der Waals surface area contributed by atoms with Crippen LogP contribution in [-0.4, -0.2) is 52.5 Å². The average molecular weight is 531 g/mol. The fraction of sp³-hybridized carbons (Fsp3) is 0.969. The van der Waals surface area contributed by atoms with Crippen molar-refractivity contribution in [3.05, 3.63) is 0 Å². The second-order valence-corrected chi connectivity index (χ2v) is 16.3. The minimum absolute atomic E-state index is 0.0129. The van der Waals surface area contributed by atoms with Crippen molar-refractivity contribution in [2.45, 2.75) is 143 Å². The first-order chi connectivity index (χ1) is 17.6. The number of aliphatic hydroxyl groups is 2. The van der Waals surface area contributed by atoms with Crippen LogP contribution in [0.4, 0.5) is 0 Å². The van der Waals surface area contributed by atoms with Gasteiger partial charge in [0, 0.05) is 18.3 Å². The summed E-state index contributed by atoms with van der Waals surface area (Å²) in [4.78, 5) is 12.5. The monoisotopic (exact) mass is 530 g/mol. The molecule has 0 unspecified atom stereocenters. The van der Waals surface area contributed by atoms with Crippen LogP contribution >= 0.6 is 0 Å². The van der Waals surface area contributed by atoms with Crippen molar-refractivity contribution < 1.29 is 29.2 Å². The van der Waals surface area contributed by atoms with E-state index in [1.165, 1.54) is 12.8 Å². The summed E-state index contributed by atoms with van der Waals surface area (Å²) in [5.74, 6) is 1.24. The third kappa shape index (κ3) is 2.97. The summed E-state index contributed by atoms with van der Waals surface area (Å²) < 4.78 is 18.4. The van der Waals surface area contributed by atoms with E-state index >= 15 is 0 Å². The SMILES string of the molecule is CC(=O)O[C@@H]1C[C@H]2C(C)(C)[C@H](O)CC[C@]2(C)[C@H]2CC[C@]34C[C@]3(CC[C@H]4[C@@H]3C[C@H]([C@@H]4OC4(C)C)O[C@H]3O)[C@@]21C. The molecule has 0 aromatic carbocycles. The predicted molar refractivity (Wildman–Crippen MR) is 142 cm³/mol. The van der Waals surface area contributed by atoms with Gasteiger partial charge in [0.2, 0.25) is 0 Å². The lowest BCUT2D eigenvalue weighted by Gasteiger charge is -2.68. The Morgan fingerprint density at radius 2 is 1.63 bits per heavy atom. The molecular weight excluding hydrogens is 480 g/mol. The fourth-order valence-corrected chi connectivity index (χ4v) is 12.7. The molecule has 2 heterocycles. The molecule has 2 N–H and O–H groups in total. The third-order valence-electron chi connectivity index (χ3n) is 14.5. The topological polar surface area (TPSA) is 88.5 Å². The molecule has 214 valence electrons. The smallest absolute Gasteiger partial charge is 0.302 e. The molecule has 6 nitrogen and oxygen atoms in total. The summed E-state index contributed by atoms with van der Waals surface area (Å²) in [6.07, 6.45) is 8.43. The lowest BCUT2D eigenvalue weighted by molar-refractivity contribution is -0.249. The molecule has 0 radical (unpaired) electrons. The van der Waals surface area contributed by atoms with Crippen LogP contribution in [-0.2, 0) is 19.0 Å². The van der Waals surface area contributed by atoms with Crippen LogP contribution in [0.15, 0.2) is 0 Å². The number of esters is 1. The molecule has 7 fully saturated rings. The first kappa shape index (κ1) is 26.2. The van der Waals surface area contributed by atoms with Crippen LogP contribution in [0, 0.1) is 50.7 Å². The molecule has 38 heavy (non-hydrogen) atoms. The zero-order valence-corrected chi connectivity index (χ0v) is 24.6. The zero-order valence-electron chi connectivity index (χ0n) is 24.6. The lowest BCUT2D eigenvalue weighted by Crippen LogP contribution is -2.66. The Hall–Kier alpha value is -0.690. The van der Waals surface area contributed by atoms with Crippen molar-refractivity contribution in [2.75, 3.05) is 0 Å². The maximum Gasteiger partial charge on any atom is 0.302 e. The molecule has 2 saturated heterocycles. The highest BCUT2D eigenvalue weighted by molar-refractivity contribution is 5.66. The van der Waals surface area contributed by atoms with Gasteiger partial charge in [-0.05, 0) is 111 Å². The number of ether oxygens (including phenoxy) is 3. The number of carbonyl (C=O) groups is 1. The van der Waals surface area contributed by atoms with E-state index in [0.717, 1.165) is 44.9 Å². The molecule has 5 saturated carbocycles. The molecule has 0 amide bonds. The second kappa shape index (κ2) is 7.57.